The Labute approximate surface area is 316 Å². The highest BCUT2D eigenvalue weighted by molar-refractivity contribution is 7.11. The van der Waals surface area contributed by atoms with Gasteiger partial charge in [0.2, 0.25) is 84.0 Å². The number of nitrogens with one attached hydrogen (secondary N) is 10. The van der Waals surface area contributed by atoms with E-state index in [-0.39, 0.29) is 0 Å². The molecule has 0 unspecified atom stereocenters. The van der Waals surface area contributed by atoms with Crippen molar-refractivity contribution in [3.8, 4) is 0 Å². The van der Waals surface area contributed by atoms with Gasteiger partial charge in [-0.3, -0.25) is 0 Å². The predicted octanol–water partition coefficient (Wildman–Crippen LogP) is 3.87. The first-order chi connectivity index (χ1) is 22.7. The lowest BCUT2D eigenvalue weighted by atomic mass is 11.3. The Morgan fingerprint density at radius 2 is 0.260 bits per heavy atom. The first-order valence-electron chi connectivity index (χ1n) is 17.0. The van der Waals surface area contributed by atoms with Crippen molar-refractivity contribution < 1.29 is 0 Å². The summed E-state index contributed by atoms with van der Waals surface area (Å²) in [6.07, 6.45) is 0. The van der Waals surface area contributed by atoms with Crippen LogP contribution in [0.5, 0.6) is 0 Å². The molecule has 1 saturated heterocycles. The molecule has 0 aromatic heterocycles. The third-order valence-corrected chi connectivity index (χ3v) is 59.0. The van der Waals surface area contributed by atoms with Gasteiger partial charge in [0.05, 0.1) is 0 Å². The van der Waals surface area contributed by atoms with Crippen LogP contribution in [-0.2, 0) is 0 Å². The Morgan fingerprint density at radius 3 is 0.300 bits per heavy atom. The topological polar surface area (TPSA) is 120 Å². The summed E-state index contributed by atoms with van der Waals surface area (Å²) in [5, 5.41) is 0. The second kappa shape index (κ2) is 17.1. The number of rotatable bonds is 10. The summed E-state index contributed by atoms with van der Waals surface area (Å²) in [4.78, 5) is 0. The summed E-state index contributed by atoms with van der Waals surface area (Å²) < 4.78 is 40.8. The molecule has 280 valence electrons. The van der Waals surface area contributed by atoms with E-state index in [4.69, 9.17) is 0 Å². The van der Waals surface area contributed by atoms with Gasteiger partial charge in [0.15, 0.2) is 0 Å². The maximum atomic E-state index is 4.33. The summed E-state index contributed by atoms with van der Waals surface area (Å²) in [6, 6.07) is 0. The normalized spacial score (nSPS) is 45.8. The summed E-state index contributed by atoms with van der Waals surface area (Å²) in [5.74, 6) is 0. The van der Waals surface area contributed by atoms with Gasteiger partial charge in [0, 0.05) is 0 Å². The van der Waals surface area contributed by atoms with Crippen LogP contribution in [0.4, 0.5) is 0 Å². The third kappa shape index (κ3) is 12.6. The van der Waals surface area contributed by atoms with E-state index in [1.807, 2.05) is 0 Å². The van der Waals surface area contributed by atoms with E-state index in [0.29, 0.717) is 0 Å². The molecule has 1 rings (SSSR count). The van der Waals surface area contributed by atoms with Crippen LogP contribution in [0.1, 0.15) is 0 Å². The molecule has 10 N–H and O–H groups in total. The van der Waals surface area contributed by atoms with Gasteiger partial charge < -0.3 is 46.5 Å². The SMILES string of the molecule is C=C[Si]1(C)N[Si](C)(C=C)N[Si](C)(C=C)N[Si](C)(C=C)N[Si](C)(C=C)N[Si](C)(C=C)N[Si](C)(C=C)N[Si](C)(C=C)N[Si](C)(C=C)N[Si](C)(C=C)N1. The molecule has 50 heavy (non-hydrogen) atoms. The largest absolute Gasteiger partial charge is 0.330 e. The molecule has 20 heteroatoms. The Kier molecular flexibility index (Phi) is 16.1. The van der Waals surface area contributed by atoms with Crippen LogP contribution >= 0.6 is 0 Å². The molecule has 10 nitrogen and oxygen atoms in total. The third-order valence-electron chi connectivity index (χ3n) is 9.28. The van der Waals surface area contributed by atoms with Crippen molar-refractivity contribution in [1.82, 2.24) is 46.5 Å². The highest BCUT2D eigenvalue weighted by atomic mass is 28.5. The molecule has 0 spiro atoms. The van der Waals surface area contributed by atoms with Crippen molar-refractivity contribution in [3.63, 3.8) is 0 Å². The standard InChI is InChI=1S/C30H70N10Si10/c1-21-41(11)31-42(12,22-2)33-44(14,24-4)35-46(16,26-6)37-48(18,28-8)39-50(20,30-10)40-49(19,29-9)38-47(17,27-7)36-45(15,25-5)34-43(13,23-3)32-41/h21-40H,1-10H2,11-20H3. The quantitative estimate of drug-likeness (QED) is 0.149. The molecule has 0 saturated carbocycles. The Bertz CT molecular complexity index is 1010. The van der Waals surface area contributed by atoms with Crippen molar-refractivity contribution in [2.24, 2.45) is 0 Å². The highest BCUT2D eigenvalue weighted by Crippen LogP contribution is 2.17. The van der Waals surface area contributed by atoms with Crippen molar-refractivity contribution in [2.75, 3.05) is 0 Å². The van der Waals surface area contributed by atoms with Crippen molar-refractivity contribution >= 4 is 84.0 Å². The number of hydrogen-bond donors (Lipinski definition) is 10. The predicted molar refractivity (Wildman–Crippen MR) is 250 cm³/mol. The summed E-state index contributed by atoms with van der Waals surface area (Å²) in [6.45, 7) is 65.9. The van der Waals surface area contributed by atoms with Crippen molar-refractivity contribution in [1.29, 1.82) is 0 Å². The van der Waals surface area contributed by atoms with E-state index >= 15 is 0 Å². The molecular weight excluding hydrogens is 781 g/mol. The fourth-order valence-electron chi connectivity index (χ4n) is 6.73. The van der Waals surface area contributed by atoms with Crippen molar-refractivity contribution in [3.05, 3.63) is 123 Å². The zero-order valence-electron chi connectivity index (χ0n) is 32.8. The summed E-state index contributed by atoms with van der Waals surface area (Å²) in [5.41, 5.74) is 20.7. The lowest BCUT2D eigenvalue weighted by molar-refractivity contribution is 1.08. The van der Waals surface area contributed by atoms with Crippen LogP contribution < -0.4 is 46.5 Å². The van der Waals surface area contributed by atoms with E-state index in [0.717, 1.165) is 0 Å². The summed E-state index contributed by atoms with van der Waals surface area (Å²) in [7, 11) is -25.5. The molecule has 0 aromatic rings. The molecule has 0 radical (unpaired) electrons. The van der Waals surface area contributed by atoms with Crippen LogP contribution in [0.25, 0.3) is 0 Å². The second-order valence-electron chi connectivity index (χ2n) is 15.3. The molecule has 1 aliphatic heterocycles. The maximum absolute atomic E-state index is 4.33. The van der Waals surface area contributed by atoms with Gasteiger partial charge in [-0.15, -0.1) is 65.8 Å². The zero-order chi connectivity index (χ0) is 39.1. The van der Waals surface area contributed by atoms with Gasteiger partial charge in [-0.2, -0.15) is 0 Å². The minimum atomic E-state index is -2.55. The average Bonchev–Trinajstić information content (AvgIpc) is 3.03. The van der Waals surface area contributed by atoms with Crippen LogP contribution in [-0.4, -0.2) is 84.0 Å². The fourth-order valence-corrected chi connectivity index (χ4v) is 66.2. The van der Waals surface area contributed by atoms with Crippen LogP contribution in [0.3, 0.4) is 0 Å². The Morgan fingerprint density at radius 1 is 0.200 bits per heavy atom. The van der Waals surface area contributed by atoms with E-state index in [1.165, 1.54) is 0 Å². The van der Waals surface area contributed by atoms with Crippen molar-refractivity contribution in [2.45, 2.75) is 65.5 Å². The van der Waals surface area contributed by atoms with Gasteiger partial charge in [-0.1, -0.05) is 57.0 Å². The molecular formula is C30H70N10Si10. The minimum absolute atomic E-state index is 2.07. The second-order valence-corrected chi connectivity index (χ2v) is 53.4. The van der Waals surface area contributed by atoms with Gasteiger partial charge in [0.1, 0.15) is 0 Å². The molecule has 0 aliphatic carbocycles. The van der Waals surface area contributed by atoms with Crippen LogP contribution in [0, 0.1) is 0 Å². The molecule has 0 bridgehead atoms. The maximum Gasteiger partial charge on any atom is 0.212 e. The lowest BCUT2D eigenvalue weighted by Gasteiger charge is -2.49. The van der Waals surface area contributed by atoms with Crippen LogP contribution in [0.2, 0.25) is 65.5 Å². The minimum Gasteiger partial charge on any atom is -0.330 e. The lowest BCUT2D eigenvalue weighted by Crippen LogP contribution is -2.88. The van der Waals surface area contributed by atoms with E-state index in [2.05, 4.69) is 235 Å². The first kappa shape index (κ1) is 47.2. The molecule has 0 atom stereocenters. The highest BCUT2D eigenvalue weighted by Gasteiger charge is 2.50. The molecule has 1 fully saturated rings. The van der Waals surface area contributed by atoms with Gasteiger partial charge >= 0.3 is 0 Å². The molecule has 1 aliphatic rings. The summed E-state index contributed by atoms with van der Waals surface area (Å²) >= 11 is 0. The van der Waals surface area contributed by atoms with Crippen LogP contribution in [0.15, 0.2) is 123 Å². The van der Waals surface area contributed by atoms with E-state index in [9.17, 15) is 0 Å². The fraction of sp³-hybridized carbons (Fsp3) is 0.333. The average molecular weight is 852 g/mol. The smallest absolute Gasteiger partial charge is 0.212 e. The molecule has 1 heterocycles. The van der Waals surface area contributed by atoms with Gasteiger partial charge in [0.25, 0.3) is 0 Å². The molecule has 0 amide bonds. The Balaban J connectivity index is 4.11. The van der Waals surface area contributed by atoms with Gasteiger partial charge in [-0.05, 0) is 65.5 Å². The van der Waals surface area contributed by atoms with E-state index in [1.54, 1.807) is 0 Å². The first-order valence-corrected chi connectivity index (χ1v) is 42.7. The van der Waals surface area contributed by atoms with E-state index < -0.39 is 84.0 Å². The monoisotopic (exact) mass is 850 g/mol. The van der Waals surface area contributed by atoms with Gasteiger partial charge in [-0.25, -0.2) is 0 Å². The Hall–Kier alpha value is -0.831. The molecule has 0 aromatic carbocycles. The zero-order valence-corrected chi connectivity index (χ0v) is 42.8. The number of hydrogen-bond acceptors (Lipinski definition) is 10.